The maximum atomic E-state index is 12.6. The van der Waals surface area contributed by atoms with E-state index in [0.717, 1.165) is 0 Å². The third-order valence-corrected chi connectivity index (χ3v) is 3.72. The number of hydrogen-bond acceptors (Lipinski definition) is 7. The summed E-state index contributed by atoms with van der Waals surface area (Å²) in [6.07, 6.45) is 0. The minimum Gasteiger partial charge on any atom is -0.462 e. The van der Waals surface area contributed by atoms with E-state index >= 15 is 0 Å². The van der Waals surface area contributed by atoms with Crippen molar-refractivity contribution in [3.63, 3.8) is 0 Å². The van der Waals surface area contributed by atoms with Gasteiger partial charge in [-0.05, 0) is 39.0 Å². The average Bonchev–Trinajstić information content (AvgIpc) is 2.97. The van der Waals surface area contributed by atoms with Crippen molar-refractivity contribution in [3.05, 3.63) is 46.7 Å². The Kier molecular flexibility index (Phi) is 7.13. The Bertz CT molecular complexity index is 946. The number of nitrogens with one attached hydrogen (secondary N) is 2. The minimum atomic E-state index is -0.824. The van der Waals surface area contributed by atoms with Crippen LogP contribution in [-0.4, -0.2) is 37.0 Å². The van der Waals surface area contributed by atoms with Crippen LogP contribution in [0.15, 0.2) is 28.7 Å². The SMILES string of the molecule is CCOC(=O)c1c(C)oc(NC(=O)c2cccc(NC(C)=O)c2)c1C(=O)OCC. The fraction of sp³-hybridized carbons (Fsp3) is 0.300. The lowest BCUT2D eigenvalue weighted by molar-refractivity contribution is -0.114. The van der Waals surface area contributed by atoms with Gasteiger partial charge in [0.2, 0.25) is 11.8 Å². The first kappa shape index (κ1) is 21.7. The summed E-state index contributed by atoms with van der Waals surface area (Å²) in [6, 6.07) is 6.19. The van der Waals surface area contributed by atoms with Gasteiger partial charge >= 0.3 is 11.9 Å². The van der Waals surface area contributed by atoms with Gasteiger partial charge in [-0.25, -0.2) is 9.59 Å². The topological polar surface area (TPSA) is 124 Å². The largest absolute Gasteiger partial charge is 0.462 e. The van der Waals surface area contributed by atoms with E-state index in [1.165, 1.54) is 26.0 Å². The van der Waals surface area contributed by atoms with Gasteiger partial charge in [-0.15, -0.1) is 0 Å². The summed E-state index contributed by atoms with van der Waals surface area (Å²) in [5, 5.41) is 5.05. The van der Waals surface area contributed by atoms with Gasteiger partial charge in [0.1, 0.15) is 16.9 Å². The summed E-state index contributed by atoms with van der Waals surface area (Å²) >= 11 is 0. The number of carbonyl (C=O) groups excluding carboxylic acids is 4. The number of aryl methyl sites for hydroxylation is 1. The molecule has 0 bridgehead atoms. The van der Waals surface area contributed by atoms with E-state index < -0.39 is 17.8 Å². The van der Waals surface area contributed by atoms with Crippen molar-refractivity contribution in [1.29, 1.82) is 0 Å². The first-order chi connectivity index (χ1) is 13.8. The van der Waals surface area contributed by atoms with Crippen LogP contribution in [0.4, 0.5) is 11.6 Å². The number of benzene rings is 1. The van der Waals surface area contributed by atoms with Crippen LogP contribution in [0, 0.1) is 6.92 Å². The monoisotopic (exact) mass is 402 g/mol. The molecule has 0 aliphatic heterocycles. The van der Waals surface area contributed by atoms with Crippen LogP contribution in [0.25, 0.3) is 0 Å². The highest BCUT2D eigenvalue weighted by Crippen LogP contribution is 2.29. The summed E-state index contributed by atoms with van der Waals surface area (Å²) in [5.74, 6) is -2.59. The van der Waals surface area contributed by atoms with Crippen LogP contribution in [0.1, 0.15) is 57.6 Å². The lowest BCUT2D eigenvalue weighted by Crippen LogP contribution is -2.17. The van der Waals surface area contributed by atoms with Gasteiger partial charge < -0.3 is 19.2 Å². The molecule has 0 radical (unpaired) electrons. The van der Waals surface area contributed by atoms with Gasteiger partial charge in [-0.3, -0.25) is 14.9 Å². The van der Waals surface area contributed by atoms with Crippen molar-refractivity contribution in [2.45, 2.75) is 27.7 Å². The molecule has 0 spiro atoms. The van der Waals surface area contributed by atoms with Gasteiger partial charge in [0, 0.05) is 18.2 Å². The van der Waals surface area contributed by atoms with E-state index in [1.54, 1.807) is 26.0 Å². The van der Waals surface area contributed by atoms with Crippen molar-refractivity contribution in [2.75, 3.05) is 23.8 Å². The second-order valence-electron chi connectivity index (χ2n) is 5.89. The van der Waals surface area contributed by atoms with Crippen molar-refractivity contribution >= 4 is 35.3 Å². The second kappa shape index (κ2) is 9.54. The molecule has 0 fully saturated rings. The summed E-state index contributed by atoms with van der Waals surface area (Å²) in [6.45, 7) is 6.23. The standard InChI is InChI=1S/C20H22N2O7/c1-5-27-19(25)15-11(3)29-18(16(15)20(26)28-6-2)22-17(24)13-8-7-9-14(10-13)21-12(4)23/h7-10H,5-6H2,1-4H3,(H,21,23)(H,22,24). The van der Waals surface area contributed by atoms with Crippen LogP contribution in [0.5, 0.6) is 0 Å². The molecule has 29 heavy (non-hydrogen) atoms. The van der Waals surface area contributed by atoms with Gasteiger partial charge in [0.05, 0.1) is 13.2 Å². The molecule has 0 saturated carbocycles. The van der Waals surface area contributed by atoms with Crippen LogP contribution < -0.4 is 10.6 Å². The molecule has 2 rings (SSSR count). The zero-order valence-corrected chi connectivity index (χ0v) is 16.6. The molecule has 2 N–H and O–H groups in total. The van der Waals surface area contributed by atoms with Gasteiger partial charge in [0.25, 0.3) is 5.91 Å². The molecule has 0 aliphatic rings. The Balaban J connectivity index is 2.40. The van der Waals surface area contributed by atoms with Crippen molar-refractivity contribution < 1.29 is 33.1 Å². The Morgan fingerprint density at radius 3 is 2.17 bits per heavy atom. The zero-order chi connectivity index (χ0) is 21.6. The highest BCUT2D eigenvalue weighted by Gasteiger charge is 2.31. The van der Waals surface area contributed by atoms with Gasteiger partial charge in [-0.2, -0.15) is 0 Å². The molecule has 9 heteroatoms. The van der Waals surface area contributed by atoms with E-state index in [9.17, 15) is 19.2 Å². The fourth-order valence-corrected chi connectivity index (χ4v) is 2.60. The van der Waals surface area contributed by atoms with Crippen LogP contribution in [-0.2, 0) is 14.3 Å². The molecule has 1 aromatic carbocycles. The first-order valence-electron chi connectivity index (χ1n) is 8.95. The number of hydrogen-bond donors (Lipinski definition) is 2. The number of carbonyl (C=O) groups is 4. The number of esters is 2. The third kappa shape index (κ3) is 5.22. The summed E-state index contributed by atoms with van der Waals surface area (Å²) in [5.41, 5.74) is 0.318. The molecule has 1 aromatic heterocycles. The molecular formula is C20H22N2O7. The summed E-state index contributed by atoms with van der Waals surface area (Å²) in [4.78, 5) is 48.5. The smallest absolute Gasteiger partial charge is 0.344 e. The maximum absolute atomic E-state index is 12.6. The number of ether oxygens (including phenoxy) is 2. The Morgan fingerprint density at radius 1 is 0.966 bits per heavy atom. The number of furan rings is 1. The third-order valence-electron chi connectivity index (χ3n) is 3.72. The summed E-state index contributed by atoms with van der Waals surface area (Å²) in [7, 11) is 0. The zero-order valence-electron chi connectivity index (χ0n) is 16.6. The van der Waals surface area contributed by atoms with Crippen molar-refractivity contribution in [3.8, 4) is 0 Å². The predicted molar refractivity (Wildman–Crippen MR) is 104 cm³/mol. The second-order valence-corrected chi connectivity index (χ2v) is 5.89. The molecule has 0 atom stereocenters. The van der Waals surface area contributed by atoms with Crippen LogP contribution in [0.2, 0.25) is 0 Å². The number of amides is 2. The molecule has 154 valence electrons. The molecule has 9 nitrogen and oxygen atoms in total. The lowest BCUT2D eigenvalue weighted by Gasteiger charge is -2.08. The molecule has 2 aromatic rings. The average molecular weight is 402 g/mol. The molecule has 2 amide bonds. The maximum Gasteiger partial charge on any atom is 0.344 e. The fourth-order valence-electron chi connectivity index (χ4n) is 2.60. The molecule has 1 heterocycles. The molecule has 0 saturated heterocycles. The number of rotatable bonds is 7. The first-order valence-corrected chi connectivity index (χ1v) is 8.95. The summed E-state index contributed by atoms with van der Waals surface area (Å²) < 4.78 is 15.4. The number of anilines is 2. The van der Waals surface area contributed by atoms with E-state index in [2.05, 4.69) is 10.6 Å². The molecular weight excluding hydrogens is 380 g/mol. The Morgan fingerprint density at radius 2 is 1.59 bits per heavy atom. The normalized spacial score (nSPS) is 10.2. The van der Waals surface area contributed by atoms with Gasteiger partial charge in [0.15, 0.2) is 0 Å². The Hall–Kier alpha value is -3.62. The van der Waals surface area contributed by atoms with Crippen LogP contribution >= 0.6 is 0 Å². The Labute approximate surface area is 167 Å². The van der Waals surface area contributed by atoms with Crippen molar-refractivity contribution in [2.24, 2.45) is 0 Å². The van der Waals surface area contributed by atoms with E-state index in [4.69, 9.17) is 13.9 Å². The minimum absolute atomic E-state index is 0.0669. The quantitative estimate of drug-likeness (QED) is 0.682. The van der Waals surface area contributed by atoms with E-state index in [1.807, 2.05) is 0 Å². The van der Waals surface area contributed by atoms with Crippen molar-refractivity contribution in [1.82, 2.24) is 0 Å². The molecule has 0 unspecified atom stereocenters. The van der Waals surface area contributed by atoms with Gasteiger partial charge in [-0.1, -0.05) is 6.07 Å². The molecule has 0 aliphatic carbocycles. The van der Waals surface area contributed by atoms with Crippen LogP contribution in [0.3, 0.4) is 0 Å². The van der Waals surface area contributed by atoms with E-state index in [-0.39, 0.29) is 47.5 Å². The highest BCUT2D eigenvalue weighted by molar-refractivity contribution is 6.12. The lowest BCUT2D eigenvalue weighted by atomic mass is 10.1. The predicted octanol–water partition coefficient (Wildman–Crippen LogP) is 3.15. The van der Waals surface area contributed by atoms with E-state index in [0.29, 0.717) is 5.69 Å². The highest BCUT2D eigenvalue weighted by atomic mass is 16.5.